The van der Waals surface area contributed by atoms with E-state index in [1.165, 1.54) is 12.8 Å². The number of carbonyl (C=O) groups excluding carboxylic acids is 1. The fourth-order valence-electron chi connectivity index (χ4n) is 2.06. The lowest BCUT2D eigenvalue weighted by Gasteiger charge is -2.24. The van der Waals surface area contributed by atoms with Crippen molar-refractivity contribution < 1.29 is 4.79 Å². The summed E-state index contributed by atoms with van der Waals surface area (Å²) in [7, 11) is 1.85. The largest absolute Gasteiger partial charge is 0.339 e. The van der Waals surface area contributed by atoms with Crippen molar-refractivity contribution >= 4 is 5.91 Å². The van der Waals surface area contributed by atoms with Crippen LogP contribution in [0, 0.1) is 17.8 Å². The highest BCUT2D eigenvalue weighted by Crippen LogP contribution is 2.35. The van der Waals surface area contributed by atoms with Crippen molar-refractivity contribution in [1.82, 2.24) is 9.88 Å². The molecule has 0 aliphatic heterocycles. The van der Waals surface area contributed by atoms with Gasteiger partial charge in [-0.15, -0.1) is 0 Å². The Morgan fingerprint density at radius 3 is 2.95 bits per heavy atom. The number of rotatable bonds is 3. The molecule has 1 saturated carbocycles. The van der Waals surface area contributed by atoms with Crippen molar-refractivity contribution in [3.05, 3.63) is 29.6 Å². The van der Waals surface area contributed by atoms with Gasteiger partial charge in [0.2, 0.25) is 0 Å². The number of nitrogens with zero attached hydrogens (tertiary/aromatic N) is 2. The molecule has 1 aliphatic carbocycles. The van der Waals surface area contributed by atoms with Crippen molar-refractivity contribution in [2.45, 2.75) is 25.8 Å². The van der Waals surface area contributed by atoms with E-state index in [0.717, 1.165) is 5.56 Å². The van der Waals surface area contributed by atoms with Gasteiger partial charge in [-0.25, -0.2) is 0 Å². The molecule has 0 aromatic carbocycles. The van der Waals surface area contributed by atoms with Gasteiger partial charge in [0.1, 0.15) is 0 Å². The van der Waals surface area contributed by atoms with Crippen molar-refractivity contribution in [3.8, 4) is 11.8 Å². The average molecular weight is 257 g/mol. The van der Waals surface area contributed by atoms with Crippen LogP contribution in [0.5, 0.6) is 0 Å². The lowest BCUT2D eigenvalue weighted by molar-refractivity contribution is 0.0727. The third kappa shape index (κ3) is 3.33. The number of carbonyl (C=O) groups is 1. The summed E-state index contributed by atoms with van der Waals surface area (Å²) in [6.07, 6.45) is 5.67. The van der Waals surface area contributed by atoms with Crippen LogP contribution in [0.3, 0.4) is 0 Å². The van der Waals surface area contributed by atoms with E-state index in [4.69, 9.17) is 5.73 Å². The molecule has 4 heteroatoms. The van der Waals surface area contributed by atoms with Gasteiger partial charge in [-0.05, 0) is 31.7 Å². The number of amides is 1. The molecule has 4 nitrogen and oxygen atoms in total. The highest BCUT2D eigenvalue weighted by Gasteiger charge is 2.32. The summed E-state index contributed by atoms with van der Waals surface area (Å²) in [4.78, 5) is 18.2. The van der Waals surface area contributed by atoms with Crippen LogP contribution in [0.1, 0.15) is 35.7 Å². The van der Waals surface area contributed by atoms with Crippen LogP contribution in [0.2, 0.25) is 0 Å². The minimum absolute atomic E-state index is 0.00305. The number of hydrogen-bond donors (Lipinski definition) is 1. The molecule has 0 saturated heterocycles. The maximum Gasteiger partial charge on any atom is 0.255 e. The summed E-state index contributed by atoms with van der Waals surface area (Å²) in [5.41, 5.74) is 6.64. The lowest BCUT2D eigenvalue weighted by atomic mass is 10.1. The van der Waals surface area contributed by atoms with Crippen LogP contribution in [0.15, 0.2) is 18.5 Å². The highest BCUT2D eigenvalue weighted by atomic mass is 16.2. The van der Waals surface area contributed by atoms with E-state index in [0.29, 0.717) is 18.0 Å². The SMILES string of the molecule is CC(C1CC1)N(C)C(=O)c1cncc(C#CCN)c1. The predicted molar refractivity (Wildman–Crippen MR) is 74.4 cm³/mol. The fourth-order valence-corrected chi connectivity index (χ4v) is 2.06. The summed E-state index contributed by atoms with van der Waals surface area (Å²) in [6, 6.07) is 2.06. The maximum absolute atomic E-state index is 12.4. The summed E-state index contributed by atoms with van der Waals surface area (Å²) < 4.78 is 0. The van der Waals surface area contributed by atoms with Crippen molar-refractivity contribution in [3.63, 3.8) is 0 Å². The molecule has 1 unspecified atom stereocenters. The molecule has 1 aliphatic rings. The summed E-state index contributed by atoms with van der Waals surface area (Å²) >= 11 is 0. The highest BCUT2D eigenvalue weighted by molar-refractivity contribution is 5.94. The molecule has 1 aromatic rings. The molecule has 100 valence electrons. The molecular weight excluding hydrogens is 238 g/mol. The average Bonchev–Trinajstić information content (AvgIpc) is 3.27. The number of hydrogen-bond acceptors (Lipinski definition) is 3. The summed E-state index contributed by atoms with van der Waals surface area (Å²) in [5.74, 6) is 6.32. The first-order valence-electron chi connectivity index (χ1n) is 6.54. The van der Waals surface area contributed by atoms with E-state index in [1.54, 1.807) is 23.4 Å². The number of pyridine rings is 1. The van der Waals surface area contributed by atoms with Crippen LogP contribution >= 0.6 is 0 Å². The van der Waals surface area contributed by atoms with Crippen LogP contribution in [0.25, 0.3) is 0 Å². The minimum Gasteiger partial charge on any atom is -0.339 e. The van der Waals surface area contributed by atoms with Crippen LogP contribution < -0.4 is 5.73 Å². The second kappa shape index (κ2) is 5.85. The Hall–Kier alpha value is -1.86. The molecule has 1 amide bonds. The van der Waals surface area contributed by atoms with Crippen molar-refractivity contribution in [1.29, 1.82) is 0 Å². The van der Waals surface area contributed by atoms with Crippen LogP contribution in [-0.4, -0.2) is 35.4 Å². The van der Waals surface area contributed by atoms with Gasteiger partial charge in [-0.1, -0.05) is 11.8 Å². The molecule has 2 rings (SSSR count). The lowest BCUT2D eigenvalue weighted by Crippen LogP contribution is -2.36. The molecule has 0 radical (unpaired) electrons. The first kappa shape index (κ1) is 13.6. The summed E-state index contributed by atoms with van der Waals surface area (Å²) in [6.45, 7) is 2.40. The van der Waals surface area contributed by atoms with E-state index in [2.05, 4.69) is 23.7 Å². The normalized spacial score (nSPS) is 15.3. The molecule has 0 spiro atoms. The second-order valence-electron chi connectivity index (χ2n) is 4.96. The quantitative estimate of drug-likeness (QED) is 0.829. The number of aromatic nitrogens is 1. The van der Waals surface area contributed by atoms with Gasteiger partial charge < -0.3 is 10.6 Å². The zero-order chi connectivity index (χ0) is 13.8. The van der Waals surface area contributed by atoms with Crippen molar-refractivity contribution in [2.75, 3.05) is 13.6 Å². The minimum atomic E-state index is 0.00305. The maximum atomic E-state index is 12.4. The first-order chi connectivity index (χ1) is 9.13. The van der Waals surface area contributed by atoms with Crippen LogP contribution in [-0.2, 0) is 0 Å². The summed E-state index contributed by atoms with van der Waals surface area (Å²) in [5, 5.41) is 0. The van der Waals surface area contributed by atoms with Gasteiger partial charge in [0, 0.05) is 31.0 Å². The van der Waals surface area contributed by atoms with E-state index in [1.807, 2.05) is 7.05 Å². The standard InChI is InChI=1S/C15H19N3O/c1-11(13-5-6-13)18(2)15(19)14-8-12(4-3-7-16)9-17-10-14/h8-11,13H,5-7,16H2,1-2H3. The Kier molecular flexibility index (Phi) is 4.18. The van der Waals surface area contributed by atoms with Gasteiger partial charge in [0.05, 0.1) is 12.1 Å². The Labute approximate surface area is 114 Å². The monoisotopic (exact) mass is 257 g/mol. The molecular formula is C15H19N3O. The third-order valence-electron chi connectivity index (χ3n) is 3.56. The van der Waals surface area contributed by atoms with Gasteiger partial charge in [-0.3, -0.25) is 9.78 Å². The van der Waals surface area contributed by atoms with Gasteiger partial charge >= 0.3 is 0 Å². The Balaban J connectivity index is 2.13. The van der Waals surface area contributed by atoms with E-state index in [-0.39, 0.29) is 11.9 Å². The van der Waals surface area contributed by atoms with Gasteiger partial charge in [-0.2, -0.15) is 0 Å². The zero-order valence-electron chi connectivity index (χ0n) is 11.4. The zero-order valence-corrected chi connectivity index (χ0v) is 11.4. The number of nitrogens with two attached hydrogens (primary N) is 1. The van der Waals surface area contributed by atoms with Gasteiger partial charge in [0.15, 0.2) is 0 Å². The molecule has 1 aromatic heterocycles. The molecule has 2 N–H and O–H groups in total. The predicted octanol–water partition coefficient (Wildman–Crippen LogP) is 1.26. The Morgan fingerprint density at radius 2 is 2.32 bits per heavy atom. The van der Waals surface area contributed by atoms with Crippen LogP contribution in [0.4, 0.5) is 0 Å². The third-order valence-corrected chi connectivity index (χ3v) is 3.56. The smallest absolute Gasteiger partial charge is 0.255 e. The molecule has 0 bridgehead atoms. The van der Waals surface area contributed by atoms with Gasteiger partial charge in [0.25, 0.3) is 5.91 Å². The molecule has 1 atom stereocenters. The van der Waals surface area contributed by atoms with E-state index in [9.17, 15) is 4.79 Å². The van der Waals surface area contributed by atoms with E-state index >= 15 is 0 Å². The Morgan fingerprint density at radius 1 is 1.58 bits per heavy atom. The van der Waals surface area contributed by atoms with Crippen molar-refractivity contribution in [2.24, 2.45) is 11.7 Å². The fraction of sp³-hybridized carbons (Fsp3) is 0.467. The molecule has 1 fully saturated rings. The molecule has 1 heterocycles. The first-order valence-corrected chi connectivity index (χ1v) is 6.54. The molecule has 19 heavy (non-hydrogen) atoms. The topological polar surface area (TPSA) is 59.2 Å². The Bertz CT molecular complexity index is 526. The second-order valence-corrected chi connectivity index (χ2v) is 4.96. The van der Waals surface area contributed by atoms with E-state index < -0.39 is 0 Å².